The van der Waals surface area contributed by atoms with Crippen LogP contribution in [-0.2, 0) is 11.2 Å². The number of rotatable bonds is 8. The number of benzene rings is 3. The molecule has 2 heterocycles. The number of aromatic nitrogens is 2. The van der Waals surface area contributed by atoms with E-state index in [2.05, 4.69) is 24.3 Å². The van der Waals surface area contributed by atoms with Crippen LogP contribution in [0, 0.1) is 11.7 Å². The molecule has 1 amide bonds. The smallest absolute Gasteiger partial charge is 0.306 e. The fraction of sp³-hybridized carbons (Fsp3) is 0.312. The van der Waals surface area contributed by atoms with Crippen LogP contribution in [0.25, 0.3) is 22.3 Å². The number of carbonyl (C=O) groups excluding carboxylic acids is 1. The molecule has 1 atom stereocenters. The summed E-state index contributed by atoms with van der Waals surface area (Å²) in [6.07, 6.45) is 3.52. The van der Waals surface area contributed by atoms with Crippen LogP contribution in [0.4, 0.5) is 4.39 Å². The average Bonchev–Trinajstić information content (AvgIpc) is 2.97. The minimum absolute atomic E-state index is 0.00958. The molecule has 4 aromatic rings. The molecule has 1 aliphatic rings. The van der Waals surface area contributed by atoms with Crippen LogP contribution in [0.1, 0.15) is 60.1 Å². The van der Waals surface area contributed by atoms with Crippen molar-refractivity contribution >= 4 is 22.9 Å². The summed E-state index contributed by atoms with van der Waals surface area (Å²) in [5, 5.41) is 9.24. The number of aryl methyl sites for hydroxylation is 1. The van der Waals surface area contributed by atoms with Gasteiger partial charge in [0.15, 0.2) is 0 Å². The van der Waals surface area contributed by atoms with Crippen LogP contribution in [0.5, 0.6) is 0 Å². The average molecular weight is 526 g/mol. The Bertz CT molecular complexity index is 1470. The van der Waals surface area contributed by atoms with E-state index in [-0.39, 0.29) is 11.7 Å². The maximum Gasteiger partial charge on any atom is 0.306 e. The Morgan fingerprint density at radius 3 is 2.38 bits per heavy atom. The van der Waals surface area contributed by atoms with Gasteiger partial charge in [-0.2, -0.15) is 0 Å². The molecular formula is C32H32FN3O3. The summed E-state index contributed by atoms with van der Waals surface area (Å²) in [6, 6.07) is 22.0. The van der Waals surface area contributed by atoms with Gasteiger partial charge in [-0.25, -0.2) is 14.4 Å². The van der Waals surface area contributed by atoms with Gasteiger partial charge in [0, 0.05) is 24.2 Å². The summed E-state index contributed by atoms with van der Waals surface area (Å²) >= 11 is 0. The second-order valence-corrected chi connectivity index (χ2v) is 10.3. The number of likely N-dealkylation sites (tertiary alicyclic amines) is 1. The first kappa shape index (κ1) is 26.5. The lowest BCUT2D eigenvalue weighted by Gasteiger charge is -2.32. The molecule has 1 N–H and O–H groups in total. The molecule has 3 aromatic carbocycles. The van der Waals surface area contributed by atoms with Crippen molar-refractivity contribution in [1.29, 1.82) is 0 Å². The number of nitrogens with zero attached hydrogens (tertiary/aromatic N) is 3. The van der Waals surface area contributed by atoms with Crippen LogP contribution >= 0.6 is 0 Å². The maximum atomic E-state index is 13.6. The quantitative estimate of drug-likeness (QED) is 0.284. The minimum atomic E-state index is -0.825. The normalized spacial score (nSPS) is 14.9. The van der Waals surface area contributed by atoms with E-state index in [0.29, 0.717) is 66.3 Å². The third-order valence-electron chi connectivity index (χ3n) is 7.63. The van der Waals surface area contributed by atoms with E-state index in [1.165, 1.54) is 17.7 Å². The lowest BCUT2D eigenvalue weighted by Crippen LogP contribution is -2.37. The highest BCUT2D eigenvalue weighted by Crippen LogP contribution is 2.30. The van der Waals surface area contributed by atoms with E-state index >= 15 is 0 Å². The van der Waals surface area contributed by atoms with Gasteiger partial charge in [-0.3, -0.25) is 9.59 Å². The monoisotopic (exact) mass is 525 g/mol. The van der Waals surface area contributed by atoms with E-state index in [1.54, 1.807) is 31.2 Å². The van der Waals surface area contributed by atoms with Crippen LogP contribution in [0.2, 0.25) is 0 Å². The number of hydrogen-bond donors (Lipinski definition) is 1. The molecule has 7 heteroatoms. The first-order chi connectivity index (χ1) is 18.9. The molecule has 1 aliphatic heterocycles. The number of halogens is 1. The van der Waals surface area contributed by atoms with Gasteiger partial charge in [-0.15, -0.1) is 0 Å². The number of amides is 1. The highest BCUT2D eigenvalue weighted by Gasteiger charge is 2.25. The molecule has 1 unspecified atom stereocenters. The Hall–Kier alpha value is -4.13. The van der Waals surface area contributed by atoms with E-state index in [9.17, 15) is 19.1 Å². The summed E-state index contributed by atoms with van der Waals surface area (Å²) in [6.45, 7) is 3.10. The standard InChI is InChI=1S/C32H32FN3O3/c1-21(32(38)39)6-5-9-28-30(24-10-13-26(33)14-11-24)35-27-15-12-25(20-29(27)34-28)31(37)36-18-16-23(17-19-36)22-7-3-2-4-8-22/h2-4,7-8,10-15,20-21,23H,5-6,9,16-19H2,1H3,(H,38,39). The lowest BCUT2D eigenvalue weighted by molar-refractivity contribution is -0.141. The number of carboxylic acids is 1. The Morgan fingerprint density at radius 2 is 1.69 bits per heavy atom. The molecule has 5 rings (SSSR count). The number of carbonyl (C=O) groups is 2. The van der Waals surface area contributed by atoms with Crippen LogP contribution in [-0.4, -0.2) is 44.9 Å². The summed E-state index contributed by atoms with van der Waals surface area (Å²) < 4.78 is 13.6. The third kappa shape index (κ3) is 6.14. The lowest BCUT2D eigenvalue weighted by atomic mass is 9.89. The second kappa shape index (κ2) is 11.7. The zero-order chi connectivity index (χ0) is 27.4. The van der Waals surface area contributed by atoms with Gasteiger partial charge in [0.25, 0.3) is 5.91 Å². The zero-order valence-electron chi connectivity index (χ0n) is 22.0. The van der Waals surface area contributed by atoms with Crippen molar-refractivity contribution in [2.45, 2.75) is 44.9 Å². The van der Waals surface area contributed by atoms with E-state index in [1.807, 2.05) is 17.0 Å². The highest BCUT2D eigenvalue weighted by molar-refractivity contribution is 5.97. The Labute approximate surface area is 227 Å². The fourth-order valence-electron chi connectivity index (χ4n) is 5.26. The number of fused-ring (bicyclic) bond motifs is 1. The number of piperidine rings is 1. The molecule has 0 aliphatic carbocycles. The third-order valence-corrected chi connectivity index (χ3v) is 7.63. The van der Waals surface area contributed by atoms with Crippen molar-refractivity contribution in [3.05, 3.63) is 95.4 Å². The zero-order valence-corrected chi connectivity index (χ0v) is 22.0. The van der Waals surface area contributed by atoms with E-state index in [0.717, 1.165) is 18.4 Å². The summed E-state index contributed by atoms with van der Waals surface area (Å²) in [7, 11) is 0. The molecule has 1 aromatic heterocycles. The van der Waals surface area contributed by atoms with Crippen LogP contribution in [0.15, 0.2) is 72.8 Å². The minimum Gasteiger partial charge on any atom is -0.481 e. The topological polar surface area (TPSA) is 83.4 Å². The SMILES string of the molecule is CC(CCCc1nc2cc(C(=O)N3CCC(c4ccccc4)CC3)ccc2nc1-c1ccc(F)cc1)C(=O)O. The number of hydrogen-bond acceptors (Lipinski definition) is 4. The second-order valence-electron chi connectivity index (χ2n) is 10.3. The molecule has 39 heavy (non-hydrogen) atoms. The first-order valence-electron chi connectivity index (χ1n) is 13.5. The van der Waals surface area contributed by atoms with Crippen LogP contribution in [0.3, 0.4) is 0 Å². The van der Waals surface area contributed by atoms with Crippen molar-refractivity contribution < 1.29 is 19.1 Å². The van der Waals surface area contributed by atoms with Crippen molar-refractivity contribution in [1.82, 2.24) is 14.9 Å². The maximum absolute atomic E-state index is 13.6. The van der Waals surface area contributed by atoms with Gasteiger partial charge < -0.3 is 10.0 Å². The predicted molar refractivity (Wildman–Crippen MR) is 149 cm³/mol. The van der Waals surface area contributed by atoms with E-state index < -0.39 is 11.9 Å². The van der Waals surface area contributed by atoms with Crippen LogP contribution < -0.4 is 0 Å². The van der Waals surface area contributed by atoms with Crippen molar-refractivity contribution in [3.63, 3.8) is 0 Å². The molecule has 0 bridgehead atoms. The van der Waals surface area contributed by atoms with Gasteiger partial charge in [-0.05, 0) is 86.1 Å². The molecular weight excluding hydrogens is 493 g/mol. The molecule has 6 nitrogen and oxygen atoms in total. The summed E-state index contributed by atoms with van der Waals surface area (Å²) in [5.74, 6) is -1.16. The van der Waals surface area contributed by atoms with E-state index in [4.69, 9.17) is 9.97 Å². The summed E-state index contributed by atoms with van der Waals surface area (Å²) in [4.78, 5) is 36.3. The molecule has 1 saturated heterocycles. The predicted octanol–water partition coefficient (Wildman–Crippen LogP) is 6.50. The fourth-order valence-corrected chi connectivity index (χ4v) is 5.26. The molecule has 0 saturated carbocycles. The Kier molecular flexibility index (Phi) is 7.96. The van der Waals surface area contributed by atoms with Gasteiger partial charge in [0.05, 0.1) is 28.3 Å². The number of carboxylic acid groups (broad SMARTS) is 1. The van der Waals surface area contributed by atoms with Crippen molar-refractivity contribution in [3.8, 4) is 11.3 Å². The van der Waals surface area contributed by atoms with Gasteiger partial charge >= 0.3 is 5.97 Å². The van der Waals surface area contributed by atoms with Gasteiger partial charge in [-0.1, -0.05) is 37.3 Å². The first-order valence-corrected chi connectivity index (χ1v) is 13.5. The molecule has 1 fully saturated rings. The van der Waals surface area contributed by atoms with Gasteiger partial charge in [0.1, 0.15) is 5.82 Å². The Morgan fingerprint density at radius 1 is 0.974 bits per heavy atom. The van der Waals surface area contributed by atoms with Gasteiger partial charge in [0.2, 0.25) is 0 Å². The van der Waals surface area contributed by atoms with Crippen molar-refractivity contribution in [2.75, 3.05) is 13.1 Å². The largest absolute Gasteiger partial charge is 0.481 e. The molecule has 0 radical (unpaired) electrons. The molecule has 0 spiro atoms. The van der Waals surface area contributed by atoms with Crippen molar-refractivity contribution in [2.24, 2.45) is 5.92 Å². The highest BCUT2D eigenvalue weighted by atomic mass is 19.1. The Balaban J connectivity index is 1.38. The number of aliphatic carboxylic acids is 1. The summed E-state index contributed by atoms with van der Waals surface area (Å²) in [5.41, 5.74) is 5.27. The molecule has 200 valence electrons.